The van der Waals surface area contributed by atoms with E-state index in [0.29, 0.717) is 6.42 Å². The van der Waals surface area contributed by atoms with Crippen molar-refractivity contribution in [2.24, 2.45) is 0 Å². The van der Waals surface area contributed by atoms with Gasteiger partial charge in [0.05, 0.1) is 13.2 Å². The third-order valence-corrected chi connectivity index (χ3v) is 8.39. The van der Waals surface area contributed by atoms with Crippen molar-refractivity contribution < 1.29 is 37.9 Å². The Morgan fingerprint density at radius 1 is 0.640 bits per heavy atom. The number of unbranched alkanes of at least 4 members (excludes halogenated alkanes) is 9. The van der Waals surface area contributed by atoms with Crippen molar-refractivity contribution in [3.63, 3.8) is 0 Å². The normalized spacial score (nSPS) is 14.2. The predicted molar refractivity (Wildman–Crippen MR) is 206 cm³/mol. The summed E-state index contributed by atoms with van der Waals surface area (Å²) in [6, 6.07) is 0. The number of phosphoric acid groups is 1. The molecule has 50 heavy (non-hydrogen) atoms. The molecular weight excluding hydrogens is 653 g/mol. The van der Waals surface area contributed by atoms with Crippen LogP contribution in [0.1, 0.15) is 136 Å². The first-order valence-corrected chi connectivity index (χ1v) is 20.4. The van der Waals surface area contributed by atoms with Crippen molar-refractivity contribution >= 4 is 19.7 Å². The first-order valence-electron chi connectivity index (χ1n) is 18.9. The summed E-state index contributed by atoms with van der Waals surface area (Å²) in [4.78, 5) is 33.6. The van der Waals surface area contributed by atoms with Crippen LogP contribution in [0.5, 0.6) is 0 Å². The highest BCUT2D eigenvalue weighted by atomic mass is 31.2. The van der Waals surface area contributed by atoms with Gasteiger partial charge in [-0.25, -0.2) is 4.57 Å². The van der Waals surface area contributed by atoms with Crippen LogP contribution in [0.4, 0.5) is 0 Å². The summed E-state index contributed by atoms with van der Waals surface area (Å²) in [5.41, 5.74) is 0. The van der Waals surface area contributed by atoms with E-state index in [0.717, 1.165) is 96.3 Å². The van der Waals surface area contributed by atoms with Gasteiger partial charge in [0.15, 0.2) is 0 Å². The van der Waals surface area contributed by atoms with E-state index in [2.05, 4.69) is 92.1 Å². The van der Waals surface area contributed by atoms with Gasteiger partial charge in [0.2, 0.25) is 5.91 Å². The van der Waals surface area contributed by atoms with E-state index in [9.17, 15) is 24.2 Å². The maximum atomic E-state index is 12.0. The summed E-state index contributed by atoms with van der Waals surface area (Å²) < 4.78 is 26.6. The standard InChI is InChI=1S/C40H68NO8P/c1-3-5-7-9-11-12-13-14-15-16-17-18-19-20-21-22-23-24-25-26-27-28-30-32-39(43)41-34-35-48-50(45,46)49-37-38(42)36-47-40(44)33-31-29-10-8-6-4-2/h5,7,11-12,14-15,17-18,20-21,23-24,38,42H,3-4,6,8-10,13,16,19,22,25-37H2,1-2H3,(H,41,43)(H,45,46)/b7-5-,12-11-,15-14-,18-17-,21-20-,24-23-. The lowest BCUT2D eigenvalue weighted by Gasteiger charge is -2.15. The lowest BCUT2D eigenvalue weighted by Crippen LogP contribution is -2.27. The molecule has 0 aliphatic rings. The Bertz CT molecular complexity index is 1050. The second-order valence-electron chi connectivity index (χ2n) is 12.2. The number of ether oxygens (including phenoxy) is 1. The fourth-order valence-electron chi connectivity index (χ4n) is 4.56. The average Bonchev–Trinajstić information content (AvgIpc) is 3.10. The lowest BCUT2D eigenvalue weighted by atomic mass is 10.1. The second kappa shape index (κ2) is 36.2. The van der Waals surface area contributed by atoms with Crippen molar-refractivity contribution in [1.82, 2.24) is 5.32 Å². The number of hydrogen-bond donors (Lipinski definition) is 3. The van der Waals surface area contributed by atoms with Gasteiger partial charge < -0.3 is 20.1 Å². The summed E-state index contributed by atoms with van der Waals surface area (Å²) in [5, 5.41) is 12.5. The van der Waals surface area contributed by atoms with Crippen molar-refractivity contribution in [2.75, 3.05) is 26.4 Å². The van der Waals surface area contributed by atoms with Crippen LogP contribution in [0, 0.1) is 0 Å². The number of carbonyl (C=O) groups excluding carboxylic acids is 2. The Morgan fingerprint density at radius 2 is 1.14 bits per heavy atom. The van der Waals surface area contributed by atoms with E-state index in [1.54, 1.807) is 0 Å². The molecule has 9 nitrogen and oxygen atoms in total. The van der Waals surface area contributed by atoms with Crippen LogP contribution in [0.2, 0.25) is 0 Å². The number of rotatable bonds is 34. The summed E-state index contributed by atoms with van der Waals surface area (Å²) in [7, 11) is -4.41. The van der Waals surface area contributed by atoms with E-state index in [1.165, 1.54) is 12.8 Å². The van der Waals surface area contributed by atoms with Crippen LogP contribution in [0.15, 0.2) is 72.9 Å². The molecule has 0 aromatic rings. The molecule has 2 atom stereocenters. The molecule has 0 rings (SSSR count). The molecule has 0 bridgehead atoms. The highest BCUT2D eigenvalue weighted by Gasteiger charge is 2.23. The Hall–Kier alpha value is -2.55. The van der Waals surface area contributed by atoms with Crippen LogP contribution in [-0.4, -0.2) is 54.3 Å². The van der Waals surface area contributed by atoms with Crippen LogP contribution >= 0.6 is 7.82 Å². The summed E-state index contributed by atoms with van der Waals surface area (Å²) in [6.45, 7) is 3.29. The van der Waals surface area contributed by atoms with E-state index in [1.807, 2.05) is 0 Å². The Balaban J connectivity index is 3.68. The van der Waals surface area contributed by atoms with Crippen molar-refractivity contribution in [3.05, 3.63) is 72.9 Å². The van der Waals surface area contributed by atoms with Crippen LogP contribution in [-0.2, 0) is 27.9 Å². The van der Waals surface area contributed by atoms with Crippen molar-refractivity contribution in [3.8, 4) is 0 Å². The van der Waals surface area contributed by atoms with Gasteiger partial charge >= 0.3 is 13.8 Å². The minimum Gasteiger partial charge on any atom is -0.463 e. The predicted octanol–water partition coefficient (Wildman–Crippen LogP) is 9.93. The molecule has 0 aliphatic carbocycles. The smallest absolute Gasteiger partial charge is 0.463 e. The van der Waals surface area contributed by atoms with Gasteiger partial charge in [0.25, 0.3) is 0 Å². The molecule has 0 radical (unpaired) electrons. The number of aliphatic hydroxyl groups is 1. The van der Waals surface area contributed by atoms with Crippen LogP contribution < -0.4 is 5.32 Å². The van der Waals surface area contributed by atoms with Crippen LogP contribution in [0.25, 0.3) is 0 Å². The van der Waals surface area contributed by atoms with E-state index in [4.69, 9.17) is 13.8 Å². The molecule has 0 heterocycles. The second-order valence-corrected chi connectivity index (χ2v) is 13.6. The van der Waals surface area contributed by atoms with Gasteiger partial charge in [-0.1, -0.05) is 132 Å². The number of amides is 1. The fourth-order valence-corrected chi connectivity index (χ4v) is 5.31. The summed E-state index contributed by atoms with van der Waals surface area (Å²) in [5.74, 6) is -0.558. The number of esters is 1. The average molecular weight is 722 g/mol. The SMILES string of the molecule is CC/C=C\C/C=C\C/C=C\C/C=C\C/C=C\C/C=C\CCCCCCC(=O)NCCOP(=O)(O)OCC(O)COC(=O)CCCCCCCC. The zero-order valence-electron chi connectivity index (χ0n) is 31.1. The molecular formula is C40H68NO8P. The van der Waals surface area contributed by atoms with Gasteiger partial charge in [0.1, 0.15) is 12.7 Å². The molecule has 0 saturated heterocycles. The van der Waals surface area contributed by atoms with E-state index < -0.39 is 26.5 Å². The molecule has 0 aromatic heterocycles. The Kier molecular flexibility index (Phi) is 34.4. The molecule has 0 fully saturated rings. The molecule has 0 aliphatic heterocycles. The minimum absolute atomic E-state index is 0.0635. The number of carbonyl (C=O) groups is 2. The summed E-state index contributed by atoms with van der Waals surface area (Å²) in [6.07, 6.45) is 43.0. The number of hydrogen-bond acceptors (Lipinski definition) is 7. The number of nitrogens with one attached hydrogen (secondary N) is 1. The maximum Gasteiger partial charge on any atom is 0.472 e. The maximum absolute atomic E-state index is 12.0. The van der Waals surface area contributed by atoms with Gasteiger partial charge in [-0.15, -0.1) is 0 Å². The van der Waals surface area contributed by atoms with Gasteiger partial charge in [-0.2, -0.15) is 0 Å². The Morgan fingerprint density at radius 3 is 1.72 bits per heavy atom. The van der Waals surface area contributed by atoms with Crippen LogP contribution in [0.3, 0.4) is 0 Å². The van der Waals surface area contributed by atoms with Crippen molar-refractivity contribution in [2.45, 2.75) is 142 Å². The number of allylic oxidation sites excluding steroid dienone is 12. The number of aliphatic hydroxyl groups excluding tert-OH is 1. The molecule has 10 heteroatoms. The third kappa shape index (κ3) is 36.7. The topological polar surface area (TPSA) is 131 Å². The highest BCUT2D eigenvalue weighted by Crippen LogP contribution is 2.42. The van der Waals surface area contributed by atoms with Gasteiger partial charge in [-0.3, -0.25) is 18.6 Å². The minimum atomic E-state index is -4.41. The molecule has 3 N–H and O–H groups in total. The quantitative estimate of drug-likeness (QED) is 0.0259. The van der Waals surface area contributed by atoms with E-state index in [-0.39, 0.29) is 32.1 Å². The molecule has 0 spiro atoms. The molecule has 1 amide bonds. The van der Waals surface area contributed by atoms with E-state index >= 15 is 0 Å². The van der Waals surface area contributed by atoms with Crippen molar-refractivity contribution in [1.29, 1.82) is 0 Å². The zero-order valence-corrected chi connectivity index (χ0v) is 32.0. The highest BCUT2D eigenvalue weighted by molar-refractivity contribution is 7.47. The monoisotopic (exact) mass is 721 g/mol. The summed E-state index contributed by atoms with van der Waals surface area (Å²) >= 11 is 0. The Labute approximate surface area is 303 Å². The fraction of sp³-hybridized carbons (Fsp3) is 0.650. The lowest BCUT2D eigenvalue weighted by molar-refractivity contribution is -0.147. The molecule has 0 aromatic carbocycles. The molecule has 286 valence electrons. The molecule has 2 unspecified atom stereocenters. The number of phosphoric ester groups is 1. The van der Waals surface area contributed by atoms with Gasteiger partial charge in [-0.05, 0) is 64.2 Å². The first kappa shape index (κ1) is 47.4. The molecule has 0 saturated carbocycles. The third-order valence-electron chi connectivity index (χ3n) is 7.40. The first-order chi connectivity index (χ1) is 24.3. The largest absolute Gasteiger partial charge is 0.472 e. The zero-order chi connectivity index (χ0) is 36.8. The van der Waals surface area contributed by atoms with Gasteiger partial charge in [0, 0.05) is 19.4 Å².